The third kappa shape index (κ3) is 7.97. The summed E-state index contributed by atoms with van der Waals surface area (Å²) in [6, 6.07) is 7.62. The second-order valence-electron chi connectivity index (χ2n) is 8.23. The zero-order valence-electron chi connectivity index (χ0n) is 19.2. The molecule has 180 valence electrons. The summed E-state index contributed by atoms with van der Waals surface area (Å²) >= 11 is 0. The number of halogens is 2. The minimum Gasteiger partial charge on any atom is -0.435 e. The maximum absolute atomic E-state index is 12.3. The first kappa shape index (κ1) is 26.5. The number of ether oxygens (including phenoxy) is 1. The number of nitrogens with zero attached hydrogens (tertiary/aromatic N) is 1. The molecule has 3 N–H and O–H groups in total. The Morgan fingerprint density at radius 2 is 2.06 bits per heavy atom. The number of rotatable bonds is 8. The Morgan fingerprint density at radius 1 is 1.33 bits per heavy atom. The summed E-state index contributed by atoms with van der Waals surface area (Å²) in [4.78, 5) is 15.1. The highest BCUT2D eigenvalue weighted by Gasteiger charge is 2.31. The molecule has 3 rings (SSSR count). The maximum Gasteiger partial charge on any atom is 0.387 e. The predicted molar refractivity (Wildman–Crippen MR) is 128 cm³/mol. The number of hydrogen-bond donors (Lipinski definition) is 3. The number of carbonyl (C=O) groups is 1. The average Bonchev–Trinajstić information content (AvgIpc) is 3.13. The monoisotopic (exact) mass is 480 g/mol. The van der Waals surface area contributed by atoms with Crippen LogP contribution in [0.2, 0.25) is 0 Å². The SMILES string of the molecule is CC(C)C(=N)c1cc(C=O)cnc1Nc1cccc(OC(F)F)c1.CNC1(C)CCS(=O)C1. The van der Waals surface area contributed by atoms with Crippen LogP contribution in [0.25, 0.3) is 0 Å². The second-order valence-corrected chi connectivity index (χ2v) is 9.81. The molecule has 1 aliphatic heterocycles. The predicted octanol–water partition coefficient (Wildman–Crippen LogP) is 4.38. The van der Waals surface area contributed by atoms with Gasteiger partial charge in [0.25, 0.3) is 0 Å². The first-order valence-electron chi connectivity index (χ1n) is 10.5. The van der Waals surface area contributed by atoms with Crippen molar-refractivity contribution in [1.29, 1.82) is 5.41 Å². The molecule has 2 unspecified atom stereocenters. The lowest BCUT2D eigenvalue weighted by atomic mass is 9.99. The van der Waals surface area contributed by atoms with E-state index in [1.807, 2.05) is 20.9 Å². The van der Waals surface area contributed by atoms with Gasteiger partial charge < -0.3 is 20.8 Å². The van der Waals surface area contributed by atoms with Crippen LogP contribution in [-0.4, -0.2) is 51.9 Å². The van der Waals surface area contributed by atoms with Crippen LogP contribution in [-0.2, 0) is 10.8 Å². The molecule has 2 heterocycles. The molecular formula is C23H30F2N4O3S. The zero-order chi connectivity index (χ0) is 24.6. The van der Waals surface area contributed by atoms with Crippen molar-refractivity contribution in [2.75, 3.05) is 23.9 Å². The third-order valence-electron chi connectivity index (χ3n) is 5.20. The molecule has 1 saturated heterocycles. The third-order valence-corrected chi connectivity index (χ3v) is 6.82. The van der Waals surface area contributed by atoms with E-state index in [4.69, 9.17) is 5.41 Å². The summed E-state index contributed by atoms with van der Waals surface area (Å²) in [5.74, 6) is 2.01. The fourth-order valence-corrected chi connectivity index (χ4v) is 4.91. The highest BCUT2D eigenvalue weighted by atomic mass is 32.2. The van der Waals surface area contributed by atoms with Crippen LogP contribution in [0.15, 0.2) is 36.5 Å². The number of nitrogens with one attached hydrogen (secondary N) is 3. The molecule has 2 aromatic rings. The average molecular weight is 481 g/mol. The van der Waals surface area contributed by atoms with Crippen LogP contribution in [0, 0.1) is 11.3 Å². The van der Waals surface area contributed by atoms with E-state index in [1.54, 1.807) is 18.2 Å². The van der Waals surface area contributed by atoms with Crippen LogP contribution in [0.1, 0.15) is 43.1 Å². The Balaban J connectivity index is 0.000000357. The molecule has 1 aliphatic rings. The van der Waals surface area contributed by atoms with E-state index in [0.29, 0.717) is 34.6 Å². The van der Waals surface area contributed by atoms with E-state index in [9.17, 15) is 17.8 Å². The summed E-state index contributed by atoms with van der Waals surface area (Å²) in [6.45, 7) is 2.93. The molecule has 0 bridgehead atoms. The summed E-state index contributed by atoms with van der Waals surface area (Å²) in [7, 11) is 1.38. The number of carbonyl (C=O) groups excluding carboxylic acids is 1. The standard InChI is InChI=1S/C17H17F2N3O2.C6H13NOS/c1-10(2)15(20)14-6-11(9-23)8-21-16(14)22-12-4-3-5-13(7-12)24-17(18)19;1-6(7-2)3-4-9(8)5-6/h3-10,17,20H,1-2H3,(H,21,22);7H,3-5H2,1-2H3. The molecule has 0 spiro atoms. The van der Waals surface area contributed by atoms with Gasteiger partial charge in [0.1, 0.15) is 11.6 Å². The molecule has 7 nitrogen and oxygen atoms in total. The van der Waals surface area contributed by atoms with E-state index >= 15 is 0 Å². The number of aldehydes is 1. The zero-order valence-corrected chi connectivity index (χ0v) is 20.0. The lowest BCUT2D eigenvalue weighted by molar-refractivity contribution is -0.0498. The van der Waals surface area contributed by atoms with E-state index in [2.05, 4.69) is 27.3 Å². The summed E-state index contributed by atoms with van der Waals surface area (Å²) < 4.78 is 39.9. The van der Waals surface area contributed by atoms with E-state index < -0.39 is 17.4 Å². The van der Waals surface area contributed by atoms with Gasteiger partial charge in [-0.05, 0) is 44.5 Å². The first-order valence-corrected chi connectivity index (χ1v) is 12.0. The van der Waals surface area contributed by atoms with Crippen molar-refractivity contribution in [3.05, 3.63) is 47.7 Å². The van der Waals surface area contributed by atoms with Crippen molar-refractivity contribution in [3.63, 3.8) is 0 Å². The van der Waals surface area contributed by atoms with Gasteiger partial charge in [-0.3, -0.25) is 9.00 Å². The number of alkyl halides is 2. The smallest absolute Gasteiger partial charge is 0.387 e. The summed E-state index contributed by atoms with van der Waals surface area (Å²) in [6.07, 6.45) is 3.09. The molecule has 2 atom stereocenters. The molecular weight excluding hydrogens is 450 g/mol. The van der Waals surface area contributed by atoms with Crippen molar-refractivity contribution >= 4 is 34.3 Å². The molecule has 10 heteroatoms. The Labute approximate surface area is 195 Å². The number of anilines is 2. The van der Waals surface area contributed by atoms with Crippen LogP contribution in [0.4, 0.5) is 20.3 Å². The van der Waals surface area contributed by atoms with Crippen molar-refractivity contribution in [2.45, 2.75) is 39.3 Å². The van der Waals surface area contributed by atoms with Crippen LogP contribution in [0.5, 0.6) is 5.75 Å². The van der Waals surface area contributed by atoms with Gasteiger partial charge in [0, 0.05) is 62.6 Å². The minimum atomic E-state index is -2.91. The molecule has 0 aliphatic carbocycles. The van der Waals surface area contributed by atoms with E-state index in [1.165, 1.54) is 18.3 Å². The Morgan fingerprint density at radius 3 is 2.58 bits per heavy atom. The van der Waals surface area contributed by atoms with Gasteiger partial charge in [-0.2, -0.15) is 8.78 Å². The maximum atomic E-state index is 12.3. The van der Waals surface area contributed by atoms with Crippen molar-refractivity contribution in [1.82, 2.24) is 10.3 Å². The van der Waals surface area contributed by atoms with Gasteiger partial charge in [0.05, 0.1) is 0 Å². The lowest BCUT2D eigenvalue weighted by Gasteiger charge is -2.20. The molecule has 0 amide bonds. The second kappa shape index (κ2) is 11.9. The molecule has 0 saturated carbocycles. The first-order chi connectivity index (χ1) is 15.6. The van der Waals surface area contributed by atoms with Gasteiger partial charge >= 0.3 is 6.61 Å². The lowest BCUT2D eigenvalue weighted by Crippen LogP contribution is -2.40. The quantitative estimate of drug-likeness (QED) is 0.383. The highest BCUT2D eigenvalue weighted by molar-refractivity contribution is 7.85. The van der Waals surface area contributed by atoms with Crippen LogP contribution >= 0.6 is 0 Å². The molecule has 33 heavy (non-hydrogen) atoms. The Bertz CT molecular complexity index is 1000. The highest BCUT2D eigenvalue weighted by Crippen LogP contribution is 2.25. The van der Waals surface area contributed by atoms with E-state index in [-0.39, 0.29) is 17.2 Å². The molecule has 1 fully saturated rings. The number of benzene rings is 1. The van der Waals surface area contributed by atoms with Gasteiger partial charge in [0.15, 0.2) is 6.29 Å². The Hall–Kier alpha value is -2.72. The number of hydrogen-bond acceptors (Lipinski definition) is 7. The normalized spacial score (nSPS) is 19.7. The summed E-state index contributed by atoms with van der Waals surface area (Å²) in [5, 5.41) is 14.3. The largest absolute Gasteiger partial charge is 0.435 e. The minimum absolute atomic E-state index is 0.0139. The fraction of sp³-hybridized carbons (Fsp3) is 0.435. The molecule has 1 aromatic carbocycles. The van der Waals surface area contributed by atoms with Gasteiger partial charge in [-0.25, -0.2) is 4.98 Å². The van der Waals surface area contributed by atoms with Crippen molar-refractivity contribution < 1.29 is 22.5 Å². The number of aromatic nitrogens is 1. The number of pyridine rings is 1. The van der Waals surface area contributed by atoms with Crippen molar-refractivity contribution in [2.24, 2.45) is 5.92 Å². The van der Waals surface area contributed by atoms with Crippen LogP contribution in [0.3, 0.4) is 0 Å². The van der Waals surface area contributed by atoms with E-state index in [0.717, 1.165) is 17.9 Å². The van der Waals surface area contributed by atoms with Crippen molar-refractivity contribution in [3.8, 4) is 5.75 Å². The topological polar surface area (TPSA) is 104 Å². The molecule has 1 aromatic heterocycles. The van der Waals surface area contributed by atoms with Gasteiger partial charge in [-0.1, -0.05) is 19.9 Å². The van der Waals surface area contributed by atoms with Gasteiger partial charge in [-0.15, -0.1) is 0 Å². The van der Waals surface area contributed by atoms with Gasteiger partial charge in [0.2, 0.25) is 0 Å². The molecule has 0 radical (unpaired) electrons. The Kier molecular flexibility index (Phi) is 9.60. The van der Waals surface area contributed by atoms with Crippen LogP contribution < -0.4 is 15.4 Å². The summed E-state index contributed by atoms with van der Waals surface area (Å²) in [5.41, 5.74) is 1.79. The fourth-order valence-electron chi connectivity index (χ4n) is 3.08.